The SMILES string of the molecule is COC[C@@H](C)NC(=S)N/N=C\c1cc2c(cc1Br)OCO2. The van der Waals surface area contributed by atoms with Gasteiger partial charge >= 0.3 is 0 Å². The van der Waals surface area contributed by atoms with Crippen molar-refractivity contribution in [3.05, 3.63) is 22.2 Å². The molecule has 114 valence electrons. The molecule has 0 spiro atoms. The first-order valence-corrected chi connectivity index (χ1v) is 7.48. The highest BCUT2D eigenvalue weighted by molar-refractivity contribution is 9.10. The Labute approximate surface area is 137 Å². The number of benzene rings is 1. The molecule has 1 aromatic rings. The van der Waals surface area contributed by atoms with Gasteiger partial charge in [0.05, 0.1) is 12.8 Å². The summed E-state index contributed by atoms with van der Waals surface area (Å²) in [6.45, 7) is 2.78. The van der Waals surface area contributed by atoms with E-state index in [9.17, 15) is 0 Å². The number of fused-ring (bicyclic) bond motifs is 1. The molecule has 6 nitrogen and oxygen atoms in total. The molecule has 1 aliphatic rings. The molecule has 1 atom stereocenters. The molecule has 1 aliphatic heterocycles. The maximum absolute atomic E-state index is 5.32. The Morgan fingerprint density at radius 1 is 1.52 bits per heavy atom. The number of nitrogens with one attached hydrogen (secondary N) is 2. The van der Waals surface area contributed by atoms with Gasteiger partial charge in [-0.1, -0.05) is 0 Å². The van der Waals surface area contributed by atoms with Crippen LogP contribution in [0.2, 0.25) is 0 Å². The predicted octanol–water partition coefficient (Wildman–Crippen LogP) is 2.01. The molecule has 0 bridgehead atoms. The number of hydrogen-bond donors (Lipinski definition) is 2. The number of thiocarbonyl (C=S) groups is 1. The van der Waals surface area contributed by atoms with E-state index in [1.165, 1.54) is 0 Å². The molecule has 0 unspecified atom stereocenters. The highest BCUT2D eigenvalue weighted by atomic mass is 79.9. The summed E-state index contributed by atoms with van der Waals surface area (Å²) in [6, 6.07) is 3.81. The molecule has 0 amide bonds. The van der Waals surface area contributed by atoms with Crippen LogP contribution in [0.3, 0.4) is 0 Å². The average molecular weight is 374 g/mol. The topological polar surface area (TPSA) is 64.1 Å². The largest absolute Gasteiger partial charge is 0.454 e. The maximum atomic E-state index is 5.32. The molecule has 0 aliphatic carbocycles. The summed E-state index contributed by atoms with van der Waals surface area (Å²) in [5.41, 5.74) is 3.62. The van der Waals surface area contributed by atoms with Gasteiger partial charge in [0.2, 0.25) is 6.79 Å². The predicted molar refractivity (Wildman–Crippen MR) is 88.1 cm³/mol. The zero-order chi connectivity index (χ0) is 15.2. The normalized spacial score (nSPS) is 14.2. The van der Waals surface area contributed by atoms with Crippen LogP contribution < -0.4 is 20.2 Å². The monoisotopic (exact) mass is 373 g/mol. The van der Waals surface area contributed by atoms with E-state index in [0.717, 1.165) is 15.8 Å². The van der Waals surface area contributed by atoms with Crippen LogP contribution in [0.1, 0.15) is 12.5 Å². The van der Waals surface area contributed by atoms with Crippen LogP contribution >= 0.6 is 28.1 Å². The lowest BCUT2D eigenvalue weighted by Crippen LogP contribution is -2.40. The Morgan fingerprint density at radius 2 is 2.24 bits per heavy atom. The standard InChI is InChI=1S/C13H16BrN3O3S/c1-8(6-18-2)16-13(21)17-15-5-9-3-11-12(4-10(9)14)20-7-19-11/h3-5,8H,6-7H2,1-2H3,(H2,16,17,21)/b15-5-/t8-/m1/s1. The van der Waals surface area contributed by atoms with Crippen LogP contribution in [0.15, 0.2) is 21.7 Å². The lowest BCUT2D eigenvalue weighted by Gasteiger charge is -2.13. The fourth-order valence-electron chi connectivity index (χ4n) is 1.74. The average Bonchev–Trinajstić information content (AvgIpc) is 2.86. The minimum Gasteiger partial charge on any atom is -0.454 e. The zero-order valence-corrected chi connectivity index (χ0v) is 14.1. The molecule has 21 heavy (non-hydrogen) atoms. The summed E-state index contributed by atoms with van der Waals surface area (Å²) in [5, 5.41) is 7.58. The third-order valence-corrected chi connectivity index (χ3v) is 3.55. The van der Waals surface area contributed by atoms with Crippen LogP contribution in [0.4, 0.5) is 0 Å². The summed E-state index contributed by atoms with van der Waals surface area (Å²) in [5.74, 6) is 1.42. The van der Waals surface area contributed by atoms with Gasteiger partial charge in [-0.05, 0) is 47.2 Å². The van der Waals surface area contributed by atoms with Crippen molar-refractivity contribution in [3.8, 4) is 11.5 Å². The van der Waals surface area contributed by atoms with Crippen molar-refractivity contribution in [2.24, 2.45) is 5.10 Å². The van der Waals surface area contributed by atoms with Gasteiger partial charge in [-0.3, -0.25) is 5.43 Å². The quantitative estimate of drug-likeness (QED) is 0.467. The van der Waals surface area contributed by atoms with Crippen molar-refractivity contribution in [2.75, 3.05) is 20.5 Å². The molecule has 0 radical (unpaired) electrons. The zero-order valence-electron chi connectivity index (χ0n) is 11.7. The fraction of sp³-hybridized carbons (Fsp3) is 0.385. The van der Waals surface area contributed by atoms with E-state index >= 15 is 0 Å². The second-order valence-corrected chi connectivity index (χ2v) is 5.69. The molecule has 2 rings (SSSR count). The van der Waals surface area contributed by atoms with Crippen molar-refractivity contribution in [1.29, 1.82) is 0 Å². The van der Waals surface area contributed by atoms with Gasteiger partial charge in [-0.15, -0.1) is 0 Å². The minimum atomic E-state index is 0.113. The molecule has 0 saturated heterocycles. The van der Waals surface area contributed by atoms with E-state index in [4.69, 9.17) is 26.4 Å². The van der Waals surface area contributed by atoms with Crippen molar-refractivity contribution in [2.45, 2.75) is 13.0 Å². The van der Waals surface area contributed by atoms with Gasteiger partial charge in [0.25, 0.3) is 0 Å². The maximum Gasteiger partial charge on any atom is 0.231 e. The van der Waals surface area contributed by atoms with Gasteiger partial charge in [0.1, 0.15) is 0 Å². The molecule has 1 heterocycles. The van der Waals surface area contributed by atoms with Gasteiger partial charge in [-0.2, -0.15) is 5.10 Å². The van der Waals surface area contributed by atoms with Crippen LogP contribution in [0.5, 0.6) is 11.5 Å². The second kappa shape index (κ2) is 7.58. The first-order chi connectivity index (χ1) is 10.1. The highest BCUT2D eigenvalue weighted by Crippen LogP contribution is 2.36. The third-order valence-electron chi connectivity index (χ3n) is 2.66. The van der Waals surface area contributed by atoms with Crippen molar-refractivity contribution >= 4 is 39.5 Å². The Kier molecular flexibility index (Phi) is 5.77. The first-order valence-electron chi connectivity index (χ1n) is 6.28. The molecule has 1 aromatic carbocycles. The summed E-state index contributed by atoms with van der Waals surface area (Å²) >= 11 is 8.58. The molecular weight excluding hydrogens is 358 g/mol. The highest BCUT2D eigenvalue weighted by Gasteiger charge is 2.15. The summed E-state index contributed by atoms with van der Waals surface area (Å²) in [4.78, 5) is 0. The Morgan fingerprint density at radius 3 is 2.95 bits per heavy atom. The summed E-state index contributed by atoms with van der Waals surface area (Å²) < 4.78 is 16.5. The molecule has 0 aromatic heterocycles. The Bertz CT molecular complexity index is 554. The van der Waals surface area contributed by atoms with E-state index in [-0.39, 0.29) is 12.8 Å². The van der Waals surface area contributed by atoms with Gasteiger partial charge < -0.3 is 19.5 Å². The molecule has 2 N–H and O–H groups in total. The smallest absolute Gasteiger partial charge is 0.231 e. The number of hydrogen-bond acceptors (Lipinski definition) is 5. The molecule has 8 heteroatoms. The van der Waals surface area contributed by atoms with Crippen LogP contribution in [0.25, 0.3) is 0 Å². The van der Waals surface area contributed by atoms with Gasteiger partial charge in [0.15, 0.2) is 16.6 Å². The molecular formula is C13H16BrN3O3S. The van der Waals surface area contributed by atoms with E-state index in [1.807, 2.05) is 19.1 Å². The minimum absolute atomic E-state index is 0.113. The van der Waals surface area contributed by atoms with Crippen LogP contribution in [-0.2, 0) is 4.74 Å². The summed E-state index contributed by atoms with van der Waals surface area (Å²) in [7, 11) is 1.64. The Hall–Kier alpha value is -1.38. The molecule has 0 fully saturated rings. The third kappa shape index (κ3) is 4.55. The number of halogens is 1. The van der Waals surface area contributed by atoms with Gasteiger partial charge in [0, 0.05) is 23.2 Å². The molecule has 0 saturated carbocycles. The van der Waals surface area contributed by atoms with E-state index < -0.39 is 0 Å². The van der Waals surface area contributed by atoms with Crippen molar-refractivity contribution < 1.29 is 14.2 Å². The summed E-state index contributed by atoms with van der Waals surface area (Å²) in [6.07, 6.45) is 1.65. The lowest BCUT2D eigenvalue weighted by molar-refractivity contribution is 0.174. The number of ether oxygens (including phenoxy) is 3. The van der Waals surface area contributed by atoms with Gasteiger partial charge in [-0.25, -0.2) is 0 Å². The Balaban J connectivity index is 1.91. The van der Waals surface area contributed by atoms with Crippen molar-refractivity contribution in [3.63, 3.8) is 0 Å². The lowest BCUT2D eigenvalue weighted by atomic mass is 10.2. The number of methoxy groups -OCH3 is 1. The fourth-order valence-corrected chi connectivity index (χ4v) is 2.42. The van der Waals surface area contributed by atoms with E-state index in [2.05, 4.69) is 31.8 Å². The van der Waals surface area contributed by atoms with Crippen molar-refractivity contribution in [1.82, 2.24) is 10.7 Å². The number of rotatable bonds is 5. The van der Waals surface area contributed by atoms with E-state index in [1.54, 1.807) is 13.3 Å². The first kappa shape index (κ1) is 16.0. The number of nitrogens with zero attached hydrogens (tertiary/aromatic N) is 1. The van der Waals surface area contributed by atoms with E-state index in [0.29, 0.717) is 17.5 Å². The van der Waals surface area contributed by atoms with Crippen LogP contribution in [0, 0.1) is 0 Å². The van der Waals surface area contributed by atoms with Crippen LogP contribution in [-0.4, -0.2) is 37.9 Å². The number of hydrazone groups is 1. The second-order valence-electron chi connectivity index (χ2n) is 4.43.